The zero-order valence-electron chi connectivity index (χ0n) is 11.3. The first-order valence-electron chi connectivity index (χ1n) is 6.12. The van der Waals surface area contributed by atoms with Gasteiger partial charge in [0.15, 0.2) is 0 Å². The van der Waals surface area contributed by atoms with E-state index in [2.05, 4.69) is 23.2 Å². The number of rotatable bonds is 5. The summed E-state index contributed by atoms with van der Waals surface area (Å²) in [6.07, 6.45) is 8.21. The largest absolute Gasteiger partial charge is 0.309 e. The second-order valence-corrected chi connectivity index (χ2v) is 4.29. The molecular formula is C13H30N2S2. The lowest BCUT2D eigenvalue weighted by molar-refractivity contribution is 0.330. The Kier molecular flexibility index (Phi) is 14.0. The van der Waals surface area contributed by atoms with Gasteiger partial charge >= 0.3 is 0 Å². The molecule has 0 radical (unpaired) electrons. The van der Waals surface area contributed by atoms with Gasteiger partial charge < -0.3 is 10.2 Å². The standard InChI is InChI=1S/C11H18N2S.C2H6.H2S.2H2/c1-3-4-8-13(2)9-6-10-11(14)5-7-12-10;1-2;;;/h1,10,12H,4-9H2,2H3;1-2H3;1H2;2*1H. The van der Waals surface area contributed by atoms with Crippen molar-refractivity contribution >= 4 is 30.6 Å². The molecule has 1 unspecified atom stereocenters. The first-order chi connectivity index (χ1) is 7.74. The van der Waals surface area contributed by atoms with E-state index in [0.717, 1.165) is 38.9 Å². The molecule has 1 saturated heterocycles. The third-order valence-corrected chi connectivity index (χ3v) is 3.08. The maximum Gasteiger partial charge on any atom is 0.0396 e. The normalized spacial score (nSPS) is 18.1. The molecule has 1 fully saturated rings. The minimum absolute atomic E-state index is 0. The molecule has 0 spiro atoms. The van der Waals surface area contributed by atoms with Gasteiger partial charge in [-0.15, -0.1) is 12.3 Å². The van der Waals surface area contributed by atoms with E-state index in [9.17, 15) is 0 Å². The van der Waals surface area contributed by atoms with Crippen LogP contribution in [0.2, 0.25) is 0 Å². The molecule has 0 saturated carbocycles. The van der Waals surface area contributed by atoms with Crippen molar-refractivity contribution in [1.82, 2.24) is 10.2 Å². The number of nitrogens with zero attached hydrogens (tertiary/aromatic N) is 1. The molecule has 0 aromatic rings. The highest BCUT2D eigenvalue weighted by molar-refractivity contribution is 7.80. The molecule has 104 valence electrons. The predicted octanol–water partition coefficient (Wildman–Crippen LogP) is 2.69. The number of nitrogens with one attached hydrogen (secondary N) is 1. The van der Waals surface area contributed by atoms with E-state index < -0.39 is 0 Å². The fraction of sp³-hybridized carbons (Fsp3) is 0.769. The number of thiocarbonyl (C=S) groups is 1. The lowest BCUT2D eigenvalue weighted by Gasteiger charge is -2.18. The summed E-state index contributed by atoms with van der Waals surface area (Å²) < 4.78 is 0. The Bertz CT molecular complexity index is 245. The van der Waals surface area contributed by atoms with Gasteiger partial charge in [0, 0.05) is 33.3 Å². The van der Waals surface area contributed by atoms with Crippen LogP contribution in [-0.4, -0.2) is 42.5 Å². The Morgan fingerprint density at radius 2 is 2.18 bits per heavy atom. The van der Waals surface area contributed by atoms with E-state index in [1.807, 2.05) is 13.8 Å². The quantitative estimate of drug-likeness (QED) is 0.615. The van der Waals surface area contributed by atoms with Crippen molar-refractivity contribution in [3.8, 4) is 12.3 Å². The predicted molar refractivity (Wildman–Crippen MR) is 90.5 cm³/mol. The van der Waals surface area contributed by atoms with Crippen LogP contribution >= 0.6 is 25.7 Å². The van der Waals surface area contributed by atoms with Gasteiger partial charge in [-0.1, -0.05) is 26.1 Å². The minimum Gasteiger partial charge on any atom is -0.309 e. The summed E-state index contributed by atoms with van der Waals surface area (Å²) in [7, 11) is 2.11. The molecule has 0 aromatic heterocycles. The van der Waals surface area contributed by atoms with Gasteiger partial charge in [-0.25, -0.2) is 0 Å². The average Bonchev–Trinajstić information content (AvgIpc) is 2.72. The Hall–Kier alpha value is -0.0800. The highest BCUT2D eigenvalue weighted by atomic mass is 32.1. The maximum absolute atomic E-state index is 5.27. The first kappa shape index (κ1) is 19.3. The molecule has 1 N–H and O–H groups in total. The fourth-order valence-corrected chi connectivity index (χ4v) is 1.94. The molecular weight excluding hydrogens is 248 g/mol. The maximum atomic E-state index is 5.27. The van der Waals surface area contributed by atoms with Gasteiger partial charge in [0.25, 0.3) is 0 Å². The monoisotopic (exact) mass is 278 g/mol. The Morgan fingerprint density at radius 3 is 2.65 bits per heavy atom. The zero-order valence-corrected chi connectivity index (χ0v) is 13.1. The third-order valence-electron chi connectivity index (χ3n) is 2.59. The summed E-state index contributed by atoms with van der Waals surface area (Å²) in [4.78, 5) is 3.46. The number of hydrogen-bond donors (Lipinski definition) is 1. The highest BCUT2D eigenvalue weighted by Crippen LogP contribution is 2.07. The second kappa shape index (κ2) is 12.4. The molecule has 1 rings (SSSR count). The van der Waals surface area contributed by atoms with Gasteiger partial charge in [-0.2, -0.15) is 13.5 Å². The molecule has 2 nitrogen and oxygen atoms in total. The molecule has 1 heterocycles. The second-order valence-electron chi connectivity index (χ2n) is 3.77. The van der Waals surface area contributed by atoms with Crippen molar-refractivity contribution in [1.29, 1.82) is 0 Å². The summed E-state index contributed by atoms with van der Waals surface area (Å²) in [6.45, 7) is 7.10. The smallest absolute Gasteiger partial charge is 0.0396 e. The Labute approximate surface area is 122 Å². The minimum atomic E-state index is 0. The van der Waals surface area contributed by atoms with Crippen LogP contribution in [0.4, 0.5) is 0 Å². The molecule has 17 heavy (non-hydrogen) atoms. The molecule has 0 aliphatic carbocycles. The molecule has 0 amide bonds. The highest BCUT2D eigenvalue weighted by Gasteiger charge is 2.19. The van der Waals surface area contributed by atoms with Crippen LogP contribution in [0.15, 0.2) is 0 Å². The van der Waals surface area contributed by atoms with Crippen LogP contribution in [-0.2, 0) is 0 Å². The van der Waals surface area contributed by atoms with E-state index in [4.69, 9.17) is 18.6 Å². The van der Waals surface area contributed by atoms with E-state index in [1.54, 1.807) is 0 Å². The van der Waals surface area contributed by atoms with Crippen molar-refractivity contribution < 1.29 is 2.85 Å². The van der Waals surface area contributed by atoms with Crippen molar-refractivity contribution in [3.63, 3.8) is 0 Å². The van der Waals surface area contributed by atoms with Crippen LogP contribution in [0.25, 0.3) is 0 Å². The van der Waals surface area contributed by atoms with E-state index in [0.29, 0.717) is 6.04 Å². The van der Waals surface area contributed by atoms with Crippen molar-refractivity contribution in [2.24, 2.45) is 0 Å². The average molecular weight is 279 g/mol. The molecule has 0 aromatic carbocycles. The first-order valence-corrected chi connectivity index (χ1v) is 6.53. The Balaban J connectivity index is -0.000000214. The topological polar surface area (TPSA) is 15.3 Å². The van der Waals surface area contributed by atoms with E-state index >= 15 is 0 Å². The summed E-state index contributed by atoms with van der Waals surface area (Å²) in [6, 6.07) is 0.457. The van der Waals surface area contributed by atoms with Gasteiger partial charge in [-0.05, 0) is 26.4 Å². The SMILES string of the molecule is C#CCCN(C)CCC1NCCC1=S.CC.S.[HH].[HH]. The van der Waals surface area contributed by atoms with Crippen molar-refractivity contribution in [2.75, 3.05) is 26.7 Å². The molecule has 1 aliphatic heterocycles. The lowest BCUT2D eigenvalue weighted by Crippen LogP contribution is -2.31. The van der Waals surface area contributed by atoms with Gasteiger partial charge in [0.05, 0.1) is 0 Å². The molecule has 4 heteroatoms. The third kappa shape index (κ3) is 8.62. The van der Waals surface area contributed by atoms with Gasteiger partial charge in [-0.3, -0.25) is 0 Å². The molecule has 0 bridgehead atoms. The van der Waals surface area contributed by atoms with Crippen molar-refractivity contribution in [3.05, 3.63) is 0 Å². The van der Waals surface area contributed by atoms with Crippen molar-refractivity contribution in [2.45, 2.75) is 39.2 Å². The molecule has 1 atom stereocenters. The van der Waals surface area contributed by atoms with Crippen LogP contribution in [0.1, 0.15) is 36.0 Å². The fourth-order valence-electron chi connectivity index (χ4n) is 1.64. The van der Waals surface area contributed by atoms with Crippen LogP contribution < -0.4 is 5.32 Å². The van der Waals surface area contributed by atoms with Crippen LogP contribution in [0.5, 0.6) is 0 Å². The zero-order chi connectivity index (χ0) is 12.4. The van der Waals surface area contributed by atoms with Gasteiger partial charge in [0.1, 0.15) is 0 Å². The van der Waals surface area contributed by atoms with Crippen LogP contribution in [0.3, 0.4) is 0 Å². The van der Waals surface area contributed by atoms with E-state index in [1.165, 1.54) is 4.86 Å². The summed E-state index contributed by atoms with van der Waals surface area (Å²) in [5.41, 5.74) is 0. The number of terminal acetylenes is 1. The summed E-state index contributed by atoms with van der Waals surface area (Å²) >= 11 is 5.27. The van der Waals surface area contributed by atoms with Gasteiger partial charge in [0.2, 0.25) is 0 Å². The van der Waals surface area contributed by atoms with Crippen LogP contribution in [0, 0.1) is 12.3 Å². The number of hydrogen-bond acceptors (Lipinski definition) is 3. The summed E-state index contributed by atoms with van der Waals surface area (Å²) in [5.74, 6) is 2.65. The Morgan fingerprint density at radius 1 is 1.53 bits per heavy atom. The van der Waals surface area contributed by atoms with E-state index in [-0.39, 0.29) is 16.3 Å². The summed E-state index contributed by atoms with van der Waals surface area (Å²) in [5, 5.41) is 3.41. The molecule has 1 aliphatic rings. The lowest BCUT2D eigenvalue weighted by atomic mass is 10.1.